The molecule has 8 heteroatoms. The number of halogens is 2. The smallest absolute Gasteiger partial charge is 0.266 e. The van der Waals surface area contributed by atoms with Gasteiger partial charge in [-0.25, -0.2) is 9.37 Å². The SMILES string of the molecule is CC(NCCN(C)C)c1nc2ccc(Cl)cc2c(=O)n1-c1ccc(F)cc1.CCCCCCCCCC=O. The highest BCUT2D eigenvalue weighted by atomic mass is 35.5. The standard InChI is InChI=1S/C20H22ClFN4O.C10H20O/c1-13(23-10-11-25(2)3)19-24-18-9-4-14(21)12-17(18)20(27)26(19)16-7-5-15(22)6-8-16;1-2-3-4-5-6-7-8-9-10-11/h4-9,12-13,23H,10-11H2,1-3H3;10H,2-9H2,1H3. The molecule has 0 aliphatic carbocycles. The molecule has 1 heterocycles. The Morgan fingerprint density at radius 3 is 2.34 bits per heavy atom. The van der Waals surface area contributed by atoms with Crippen molar-refractivity contribution in [1.29, 1.82) is 0 Å². The van der Waals surface area contributed by atoms with Crippen LogP contribution in [0, 0.1) is 5.82 Å². The van der Waals surface area contributed by atoms with Crippen LogP contribution >= 0.6 is 11.6 Å². The Morgan fingerprint density at radius 2 is 1.71 bits per heavy atom. The second kappa shape index (κ2) is 17.1. The van der Waals surface area contributed by atoms with Crippen molar-refractivity contribution in [3.8, 4) is 5.69 Å². The fourth-order valence-corrected chi connectivity index (χ4v) is 4.26. The first-order chi connectivity index (χ1) is 18.3. The zero-order valence-corrected chi connectivity index (χ0v) is 23.9. The van der Waals surface area contributed by atoms with Crippen LogP contribution in [0.1, 0.15) is 77.1 Å². The van der Waals surface area contributed by atoms with Gasteiger partial charge in [0.15, 0.2) is 0 Å². The highest BCUT2D eigenvalue weighted by Gasteiger charge is 2.18. The summed E-state index contributed by atoms with van der Waals surface area (Å²) >= 11 is 6.07. The molecule has 38 heavy (non-hydrogen) atoms. The summed E-state index contributed by atoms with van der Waals surface area (Å²) in [6.07, 6.45) is 10.8. The van der Waals surface area contributed by atoms with Crippen molar-refractivity contribution < 1.29 is 9.18 Å². The van der Waals surface area contributed by atoms with Gasteiger partial charge in [0.2, 0.25) is 0 Å². The van der Waals surface area contributed by atoms with Crippen molar-refractivity contribution in [3.63, 3.8) is 0 Å². The molecule has 0 aliphatic rings. The molecule has 0 amide bonds. The van der Waals surface area contributed by atoms with Crippen molar-refractivity contribution in [3.05, 3.63) is 69.5 Å². The zero-order chi connectivity index (χ0) is 27.9. The second-order valence-electron chi connectivity index (χ2n) is 9.80. The van der Waals surface area contributed by atoms with Crippen LogP contribution in [0.15, 0.2) is 47.3 Å². The minimum absolute atomic E-state index is 0.178. The number of nitrogens with one attached hydrogen (secondary N) is 1. The van der Waals surface area contributed by atoms with E-state index in [1.165, 1.54) is 55.2 Å². The molecule has 0 saturated carbocycles. The lowest BCUT2D eigenvalue weighted by Crippen LogP contribution is -2.33. The van der Waals surface area contributed by atoms with Gasteiger partial charge in [0.1, 0.15) is 17.9 Å². The predicted molar refractivity (Wildman–Crippen MR) is 156 cm³/mol. The predicted octanol–water partition coefficient (Wildman–Crippen LogP) is 6.72. The minimum Gasteiger partial charge on any atom is -0.308 e. The molecule has 1 atom stereocenters. The molecule has 1 N–H and O–H groups in total. The molecule has 0 radical (unpaired) electrons. The van der Waals surface area contributed by atoms with Gasteiger partial charge in [-0.2, -0.15) is 0 Å². The van der Waals surface area contributed by atoms with Gasteiger partial charge in [-0.15, -0.1) is 0 Å². The molecule has 0 spiro atoms. The summed E-state index contributed by atoms with van der Waals surface area (Å²) in [4.78, 5) is 29.9. The number of aromatic nitrogens is 2. The first-order valence-corrected chi connectivity index (χ1v) is 14.0. The number of likely N-dealkylation sites (N-methyl/N-ethyl adjacent to an activating group) is 1. The van der Waals surface area contributed by atoms with Gasteiger partial charge in [-0.1, -0.05) is 57.0 Å². The number of rotatable bonds is 14. The Kier molecular flexibility index (Phi) is 14.2. The highest BCUT2D eigenvalue weighted by molar-refractivity contribution is 6.31. The van der Waals surface area contributed by atoms with Crippen LogP contribution in [-0.2, 0) is 4.79 Å². The molecular weight excluding hydrogens is 503 g/mol. The fraction of sp³-hybridized carbons (Fsp3) is 0.500. The summed E-state index contributed by atoms with van der Waals surface area (Å²) in [7, 11) is 4.00. The van der Waals surface area contributed by atoms with Gasteiger partial charge in [0, 0.05) is 24.5 Å². The Labute approximate surface area is 231 Å². The van der Waals surface area contributed by atoms with E-state index >= 15 is 0 Å². The van der Waals surface area contributed by atoms with Crippen molar-refractivity contribution in [2.24, 2.45) is 0 Å². The number of aldehydes is 1. The van der Waals surface area contributed by atoms with Crippen molar-refractivity contribution >= 4 is 28.8 Å². The Hall–Kier alpha value is -2.61. The van der Waals surface area contributed by atoms with Crippen LogP contribution in [0.2, 0.25) is 5.02 Å². The van der Waals surface area contributed by atoms with Gasteiger partial charge in [0.05, 0.1) is 22.6 Å². The number of carbonyl (C=O) groups is 1. The summed E-state index contributed by atoms with van der Waals surface area (Å²) in [6.45, 7) is 5.78. The number of unbranched alkanes of at least 4 members (excludes halogenated alkanes) is 7. The van der Waals surface area contributed by atoms with Gasteiger partial charge < -0.3 is 15.0 Å². The molecule has 0 bridgehead atoms. The third-order valence-electron chi connectivity index (χ3n) is 6.26. The summed E-state index contributed by atoms with van der Waals surface area (Å²) < 4.78 is 14.9. The molecule has 0 fully saturated rings. The molecule has 1 unspecified atom stereocenters. The lowest BCUT2D eigenvalue weighted by Gasteiger charge is -2.20. The van der Waals surface area contributed by atoms with Gasteiger partial charge in [-0.05, 0) is 69.9 Å². The zero-order valence-electron chi connectivity index (χ0n) is 23.2. The summed E-state index contributed by atoms with van der Waals surface area (Å²) in [5, 5.41) is 4.29. The maximum absolute atomic E-state index is 13.4. The first kappa shape index (κ1) is 31.6. The number of fused-ring (bicyclic) bond motifs is 1. The Morgan fingerprint density at radius 1 is 1.05 bits per heavy atom. The van der Waals surface area contributed by atoms with E-state index in [4.69, 9.17) is 16.6 Å². The van der Waals surface area contributed by atoms with Gasteiger partial charge >= 0.3 is 0 Å². The van der Waals surface area contributed by atoms with Crippen LogP contribution in [0.3, 0.4) is 0 Å². The number of nitrogens with zero attached hydrogens (tertiary/aromatic N) is 3. The van der Waals surface area contributed by atoms with Crippen molar-refractivity contribution in [2.45, 2.75) is 71.3 Å². The number of carbonyl (C=O) groups excluding carboxylic acids is 1. The summed E-state index contributed by atoms with van der Waals surface area (Å²) in [6, 6.07) is 10.7. The average molecular weight is 545 g/mol. The van der Waals surface area contributed by atoms with Crippen LogP contribution in [0.4, 0.5) is 4.39 Å². The number of hydrogen-bond acceptors (Lipinski definition) is 5. The van der Waals surface area contributed by atoms with E-state index in [1.54, 1.807) is 30.3 Å². The van der Waals surface area contributed by atoms with E-state index in [1.807, 2.05) is 21.0 Å². The maximum atomic E-state index is 13.4. The molecule has 2 aromatic carbocycles. The van der Waals surface area contributed by atoms with E-state index in [0.29, 0.717) is 27.4 Å². The molecule has 208 valence electrons. The molecule has 0 saturated heterocycles. The van der Waals surface area contributed by atoms with E-state index in [2.05, 4.69) is 17.1 Å². The van der Waals surface area contributed by atoms with Crippen molar-refractivity contribution in [2.75, 3.05) is 27.2 Å². The van der Waals surface area contributed by atoms with Crippen molar-refractivity contribution in [1.82, 2.24) is 19.8 Å². The number of benzene rings is 2. The maximum Gasteiger partial charge on any atom is 0.266 e. The molecule has 3 rings (SSSR count). The quantitative estimate of drug-likeness (QED) is 0.180. The molecule has 1 aromatic heterocycles. The molecular formula is C30H42ClFN4O2. The van der Waals surface area contributed by atoms with E-state index < -0.39 is 0 Å². The third-order valence-corrected chi connectivity index (χ3v) is 6.50. The molecule has 0 aliphatic heterocycles. The number of hydrogen-bond donors (Lipinski definition) is 1. The lowest BCUT2D eigenvalue weighted by molar-refractivity contribution is -0.107. The lowest BCUT2D eigenvalue weighted by atomic mass is 10.1. The highest BCUT2D eigenvalue weighted by Crippen LogP contribution is 2.20. The normalized spacial score (nSPS) is 11.9. The van der Waals surface area contributed by atoms with Crippen LogP contribution in [0.5, 0.6) is 0 Å². The van der Waals surface area contributed by atoms with E-state index in [9.17, 15) is 14.0 Å². The van der Waals surface area contributed by atoms with E-state index in [-0.39, 0.29) is 17.4 Å². The Balaban J connectivity index is 0.000000391. The average Bonchev–Trinajstić information content (AvgIpc) is 2.89. The largest absolute Gasteiger partial charge is 0.308 e. The van der Waals surface area contributed by atoms with Crippen LogP contribution < -0.4 is 10.9 Å². The minimum atomic E-state index is -0.359. The molecule has 6 nitrogen and oxygen atoms in total. The Bertz CT molecular complexity index is 1180. The summed E-state index contributed by atoms with van der Waals surface area (Å²) in [5.41, 5.74) is 0.913. The second-order valence-corrected chi connectivity index (χ2v) is 10.2. The fourth-order valence-electron chi connectivity index (χ4n) is 4.09. The van der Waals surface area contributed by atoms with Crippen LogP contribution in [-0.4, -0.2) is 47.9 Å². The molecule has 3 aromatic rings. The van der Waals surface area contributed by atoms with E-state index in [0.717, 1.165) is 32.2 Å². The first-order valence-electron chi connectivity index (χ1n) is 13.6. The monoisotopic (exact) mass is 544 g/mol. The van der Waals surface area contributed by atoms with Crippen LogP contribution in [0.25, 0.3) is 16.6 Å². The van der Waals surface area contributed by atoms with Gasteiger partial charge in [-0.3, -0.25) is 9.36 Å². The third kappa shape index (κ3) is 10.3. The van der Waals surface area contributed by atoms with Gasteiger partial charge in [0.25, 0.3) is 5.56 Å². The summed E-state index contributed by atoms with van der Waals surface area (Å²) in [5.74, 6) is 0.211. The topological polar surface area (TPSA) is 67.2 Å².